The molecule has 13 heavy (non-hydrogen) atoms. The van der Waals surface area contributed by atoms with E-state index in [1.165, 1.54) is 6.07 Å². The minimum absolute atomic E-state index is 0.132. The van der Waals surface area contributed by atoms with Gasteiger partial charge in [0.15, 0.2) is 0 Å². The first-order chi connectivity index (χ1) is 6.24. The molecule has 0 saturated heterocycles. The van der Waals surface area contributed by atoms with Gasteiger partial charge < -0.3 is 5.32 Å². The fourth-order valence-corrected chi connectivity index (χ4v) is 1.46. The molecule has 0 aliphatic rings. The van der Waals surface area contributed by atoms with Gasteiger partial charge in [0.1, 0.15) is 5.82 Å². The zero-order chi connectivity index (χ0) is 9.68. The lowest BCUT2D eigenvalue weighted by Gasteiger charge is -2.03. The predicted octanol–water partition coefficient (Wildman–Crippen LogP) is 2.74. The van der Waals surface area contributed by atoms with Gasteiger partial charge in [0.25, 0.3) is 0 Å². The SMILES string of the molecule is CCNCCc1ccc(Br)cc1F. The number of hydrogen-bond donors (Lipinski definition) is 1. The molecule has 72 valence electrons. The van der Waals surface area contributed by atoms with Gasteiger partial charge in [0, 0.05) is 4.47 Å². The van der Waals surface area contributed by atoms with E-state index in [0.29, 0.717) is 0 Å². The molecule has 0 amide bonds. The Kier molecular flexibility index (Phi) is 4.39. The van der Waals surface area contributed by atoms with Crippen molar-refractivity contribution in [2.24, 2.45) is 0 Å². The van der Waals surface area contributed by atoms with Crippen LogP contribution in [0.15, 0.2) is 22.7 Å². The maximum atomic E-state index is 13.2. The van der Waals surface area contributed by atoms with Gasteiger partial charge in [-0.15, -0.1) is 0 Å². The second-order valence-corrected chi connectivity index (χ2v) is 3.75. The number of halogens is 2. The van der Waals surface area contributed by atoms with Crippen molar-refractivity contribution < 1.29 is 4.39 Å². The second-order valence-electron chi connectivity index (χ2n) is 2.84. The zero-order valence-electron chi connectivity index (χ0n) is 7.61. The van der Waals surface area contributed by atoms with Crippen LogP contribution in [-0.4, -0.2) is 13.1 Å². The highest BCUT2D eigenvalue weighted by molar-refractivity contribution is 9.10. The Hall–Kier alpha value is -0.410. The van der Waals surface area contributed by atoms with Crippen LogP contribution in [0.1, 0.15) is 12.5 Å². The fourth-order valence-electron chi connectivity index (χ4n) is 1.12. The Bertz CT molecular complexity index is 276. The summed E-state index contributed by atoms with van der Waals surface area (Å²) in [6, 6.07) is 5.18. The van der Waals surface area contributed by atoms with E-state index >= 15 is 0 Å². The summed E-state index contributed by atoms with van der Waals surface area (Å²) in [4.78, 5) is 0. The summed E-state index contributed by atoms with van der Waals surface area (Å²) in [5.74, 6) is -0.132. The van der Waals surface area contributed by atoms with E-state index in [1.54, 1.807) is 0 Å². The van der Waals surface area contributed by atoms with Gasteiger partial charge in [0.05, 0.1) is 0 Å². The van der Waals surface area contributed by atoms with Crippen LogP contribution in [-0.2, 0) is 6.42 Å². The Morgan fingerprint density at radius 1 is 1.46 bits per heavy atom. The first kappa shape index (κ1) is 10.7. The molecule has 0 aliphatic carbocycles. The summed E-state index contributed by atoms with van der Waals surface area (Å²) in [7, 11) is 0. The first-order valence-corrected chi connectivity index (χ1v) is 5.18. The highest BCUT2D eigenvalue weighted by Crippen LogP contribution is 2.15. The molecule has 0 bridgehead atoms. The summed E-state index contributed by atoms with van der Waals surface area (Å²) >= 11 is 3.22. The second kappa shape index (κ2) is 5.35. The number of benzene rings is 1. The lowest BCUT2D eigenvalue weighted by atomic mass is 10.1. The first-order valence-electron chi connectivity index (χ1n) is 4.38. The van der Waals surface area contributed by atoms with Crippen molar-refractivity contribution in [3.05, 3.63) is 34.1 Å². The molecule has 0 heterocycles. The molecular weight excluding hydrogens is 233 g/mol. The lowest BCUT2D eigenvalue weighted by Crippen LogP contribution is -2.16. The molecule has 0 aliphatic heterocycles. The molecule has 3 heteroatoms. The predicted molar refractivity (Wildman–Crippen MR) is 56.3 cm³/mol. The van der Waals surface area contributed by atoms with Gasteiger partial charge in [-0.25, -0.2) is 4.39 Å². The molecule has 1 rings (SSSR count). The maximum absolute atomic E-state index is 13.2. The number of likely N-dealkylation sites (N-methyl/N-ethyl adjacent to an activating group) is 1. The molecule has 1 aromatic carbocycles. The van der Waals surface area contributed by atoms with E-state index in [1.807, 2.05) is 19.1 Å². The highest BCUT2D eigenvalue weighted by atomic mass is 79.9. The lowest BCUT2D eigenvalue weighted by molar-refractivity contribution is 0.600. The third kappa shape index (κ3) is 3.44. The molecule has 0 spiro atoms. The van der Waals surface area contributed by atoms with Crippen molar-refractivity contribution >= 4 is 15.9 Å². The Morgan fingerprint density at radius 2 is 2.23 bits per heavy atom. The Balaban J connectivity index is 2.56. The highest BCUT2D eigenvalue weighted by Gasteiger charge is 2.01. The van der Waals surface area contributed by atoms with Crippen LogP contribution in [0.3, 0.4) is 0 Å². The van der Waals surface area contributed by atoms with Crippen molar-refractivity contribution in [2.75, 3.05) is 13.1 Å². The average molecular weight is 246 g/mol. The number of nitrogens with one attached hydrogen (secondary N) is 1. The molecule has 0 aromatic heterocycles. The van der Waals surface area contributed by atoms with Gasteiger partial charge in [-0.2, -0.15) is 0 Å². The summed E-state index contributed by atoms with van der Waals surface area (Å²) in [6.07, 6.45) is 0.743. The molecule has 0 fully saturated rings. The van der Waals surface area contributed by atoms with E-state index in [-0.39, 0.29) is 5.82 Å². The zero-order valence-corrected chi connectivity index (χ0v) is 9.20. The van der Waals surface area contributed by atoms with Gasteiger partial charge in [-0.1, -0.05) is 28.9 Å². The number of rotatable bonds is 4. The number of hydrogen-bond acceptors (Lipinski definition) is 1. The van der Waals surface area contributed by atoms with Crippen LogP contribution in [0.2, 0.25) is 0 Å². The minimum atomic E-state index is -0.132. The normalized spacial score (nSPS) is 10.4. The van der Waals surface area contributed by atoms with Crippen LogP contribution < -0.4 is 5.32 Å². The smallest absolute Gasteiger partial charge is 0.127 e. The fraction of sp³-hybridized carbons (Fsp3) is 0.400. The van der Waals surface area contributed by atoms with E-state index in [2.05, 4.69) is 21.2 Å². The quantitative estimate of drug-likeness (QED) is 0.805. The molecule has 0 atom stereocenters. The van der Waals surface area contributed by atoms with Crippen LogP contribution in [0, 0.1) is 5.82 Å². The van der Waals surface area contributed by atoms with Crippen molar-refractivity contribution in [2.45, 2.75) is 13.3 Å². The van der Waals surface area contributed by atoms with Crippen molar-refractivity contribution in [1.29, 1.82) is 0 Å². The van der Waals surface area contributed by atoms with Gasteiger partial charge in [-0.05, 0) is 37.2 Å². The largest absolute Gasteiger partial charge is 0.317 e. The van der Waals surface area contributed by atoms with Crippen molar-refractivity contribution in [3.8, 4) is 0 Å². The van der Waals surface area contributed by atoms with Crippen LogP contribution in [0.4, 0.5) is 4.39 Å². The molecule has 1 nitrogen and oxygen atoms in total. The molecular formula is C10H13BrFN. The maximum Gasteiger partial charge on any atom is 0.127 e. The molecule has 1 aromatic rings. The summed E-state index contributed by atoms with van der Waals surface area (Å²) in [5.41, 5.74) is 0.768. The summed E-state index contributed by atoms with van der Waals surface area (Å²) in [5, 5.41) is 3.16. The molecule has 1 N–H and O–H groups in total. The van der Waals surface area contributed by atoms with Crippen LogP contribution in [0.5, 0.6) is 0 Å². The van der Waals surface area contributed by atoms with Crippen molar-refractivity contribution in [3.63, 3.8) is 0 Å². The van der Waals surface area contributed by atoms with Crippen molar-refractivity contribution in [1.82, 2.24) is 5.32 Å². The van der Waals surface area contributed by atoms with E-state index in [9.17, 15) is 4.39 Å². The third-order valence-electron chi connectivity index (χ3n) is 1.84. The molecule has 0 radical (unpaired) electrons. The monoisotopic (exact) mass is 245 g/mol. The summed E-state index contributed by atoms with van der Waals surface area (Å²) < 4.78 is 14.0. The van der Waals surface area contributed by atoms with E-state index in [0.717, 1.165) is 29.5 Å². The van der Waals surface area contributed by atoms with Gasteiger partial charge >= 0.3 is 0 Å². The van der Waals surface area contributed by atoms with Gasteiger partial charge in [0.2, 0.25) is 0 Å². The summed E-state index contributed by atoms with van der Waals surface area (Å²) in [6.45, 7) is 3.80. The minimum Gasteiger partial charge on any atom is -0.317 e. The third-order valence-corrected chi connectivity index (χ3v) is 2.33. The average Bonchev–Trinajstić information content (AvgIpc) is 2.09. The Morgan fingerprint density at radius 3 is 2.85 bits per heavy atom. The van der Waals surface area contributed by atoms with E-state index < -0.39 is 0 Å². The standard InChI is InChI=1S/C10H13BrFN/c1-2-13-6-5-8-3-4-9(11)7-10(8)12/h3-4,7,13H,2,5-6H2,1H3. The molecule has 0 unspecified atom stereocenters. The van der Waals surface area contributed by atoms with Crippen LogP contribution >= 0.6 is 15.9 Å². The topological polar surface area (TPSA) is 12.0 Å². The van der Waals surface area contributed by atoms with Gasteiger partial charge in [-0.3, -0.25) is 0 Å². The molecule has 0 saturated carbocycles. The van der Waals surface area contributed by atoms with E-state index in [4.69, 9.17) is 0 Å². The Labute approximate surface area is 86.5 Å². The van der Waals surface area contributed by atoms with Crippen LogP contribution in [0.25, 0.3) is 0 Å².